The number of nitrogens with one attached hydrogen (secondary N) is 1. The maximum atomic E-state index is 11.0. The molecule has 4 nitrogen and oxygen atoms in total. The van der Waals surface area contributed by atoms with Gasteiger partial charge in [-0.1, -0.05) is 11.6 Å². The molecule has 0 unspecified atom stereocenters. The van der Waals surface area contributed by atoms with Crippen LogP contribution in [0.1, 0.15) is 25.3 Å². The van der Waals surface area contributed by atoms with E-state index >= 15 is 0 Å². The van der Waals surface area contributed by atoms with Crippen molar-refractivity contribution in [2.45, 2.75) is 19.8 Å². The number of halogens is 2. The summed E-state index contributed by atoms with van der Waals surface area (Å²) in [5.74, 6) is 0.568. The molecule has 18 heavy (non-hydrogen) atoms. The maximum Gasteiger partial charge on any atom is 0.240 e. The fourth-order valence-corrected chi connectivity index (χ4v) is 2.65. The van der Waals surface area contributed by atoms with Crippen molar-refractivity contribution in [2.24, 2.45) is 5.10 Å². The van der Waals surface area contributed by atoms with Gasteiger partial charge in [-0.2, -0.15) is 5.10 Å². The predicted octanol–water partition coefficient (Wildman–Crippen LogP) is 3.12. The van der Waals surface area contributed by atoms with Crippen LogP contribution < -0.4 is 10.2 Å². The van der Waals surface area contributed by atoms with Crippen LogP contribution in [0.4, 0.5) is 0 Å². The van der Waals surface area contributed by atoms with E-state index in [1.54, 1.807) is 6.07 Å². The summed E-state index contributed by atoms with van der Waals surface area (Å²) in [6.45, 7) is 2.45. The van der Waals surface area contributed by atoms with Gasteiger partial charge in [-0.05, 0) is 35.0 Å². The highest BCUT2D eigenvalue weighted by Crippen LogP contribution is 2.35. The Morgan fingerprint density at radius 2 is 2.28 bits per heavy atom. The van der Waals surface area contributed by atoms with E-state index in [1.807, 2.05) is 13.0 Å². The Hall–Kier alpha value is -1.07. The van der Waals surface area contributed by atoms with Crippen LogP contribution in [0, 0.1) is 0 Å². The summed E-state index contributed by atoms with van der Waals surface area (Å²) < 4.78 is 6.22. The molecule has 0 saturated heterocycles. The minimum Gasteiger partial charge on any atom is -0.491 e. The van der Waals surface area contributed by atoms with Gasteiger partial charge in [-0.25, -0.2) is 5.43 Å². The van der Waals surface area contributed by atoms with Crippen molar-refractivity contribution in [3.05, 3.63) is 27.2 Å². The number of amides is 1. The monoisotopic (exact) mass is 330 g/mol. The fraction of sp³-hybridized carbons (Fsp3) is 0.333. The molecular weight excluding hydrogens is 320 g/mol. The number of nitrogens with zero attached hydrogens (tertiary/aromatic N) is 1. The smallest absolute Gasteiger partial charge is 0.240 e. The molecule has 0 atom stereocenters. The Morgan fingerprint density at radius 1 is 1.50 bits per heavy atom. The number of hydrogen-bond donors (Lipinski definition) is 1. The molecule has 1 aliphatic heterocycles. The Kier molecular flexibility index (Phi) is 4.24. The third-order valence-electron chi connectivity index (χ3n) is 2.52. The van der Waals surface area contributed by atoms with Crippen LogP contribution >= 0.6 is 27.5 Å². The van der Waals surface area contributed by atoms with Gasteiger partial charge in [0.25, 0.3) is 0 Å². The molecule has 0 spiro atoms. The highest BCUT2D eigenvalue weighted by molar-refractivity contribution is 9.10. The highest BCUT2D eigenvalue weighted by atomic mass is 79.9. The van der Waals surface area contributed by atoms with Crippen LogP contribution in [0.25, 0.3) is 0 Å². The summed E-state index contributed by atoms with van der Waals surface area (Å²) in [6, 6.07) is 3.70. The molecule has 1 aliphatic rings. The molecule has 0 bridgehead atoms. The zero-order chi connectivity index (χ0) is 13.1. The number of ether oxygens (including phenoxy) is 1. The summed E-state index contributed by atoms with van der Waals surface area (Å²) in [7, 11) is 0. The lowest BCUT2D eigenvalue weighted by Gasteiger charge is -2.14. The first-order valence-electron chi connectivity index (χ1n) is 5.59. The number of hydrazone groups is 1. The summed E-state index contributed by atoms with van der Waals surface area (Å²) in [6.07, 6.45) is 1.06. The number of rotatable bonds is 3. The van der Waals surface area contributed by atoms with E-state index in [0.29, 0.717) is 30.2 Å². The maximum absolute atomic E-state index is 11.0. The van der Waals surface area contributed by atoms with E-state index in [9.17, 15) is 4.79 Å². The lowest BCUT2D eigenvalue weighted by Crippen LogP contribution is -2.25. The van der Waals surface area contributed by atoms with E-state index in [-0.39, 0.29) is 5.91 Å². The van der Waals surface area contributed by atoms with Crippen molar-refractivity contribution >= 4 is 39.1 Å². The Balaban J connectivity index is 2.33. The minimum atomic E-state index is -0.0603. The van der Waals surface area contributed by atoms with Crippen LogP contribution in [-0.2, 0) is 4.79 Å². The van der Waals surface area contributed by atoms with E-state index in [1.165, 1.54) is 0 Å². The summed E-state index contributed by atoms with van der Waals surface area (Å²) in [4.78, 5) is 11.0. The molecule has 1 aromatic rings. The van der Waals surface area contributed by atoms with Crippen molar-refractivity contribution in [2.75, 3.05) is 6.61 Å². The zero-order valence-electron chi connectivity index (χ0n) is 9.80. The first-order chi connectivity index (χ1) is 8.61. The predicted molar refractivity (Wildman–Crippen MR) is 74.2 cm³/mol. The van der Waals surface area contributed by atoms with Gasteiger partial charge in [0, 0.05) is 18.4 Å². The standard InChI is InChI=1S/C12H12BrClN2O2/c1-2-18-12-8(13)5-7(6-9(12)14)10-3-4-11(17)16-15-10/h5-6H,2-4H2,1H3,(H,16,17). The first kappa shape index (κ1) is 13.4. The largest absolute Gasteiger partial charge is 0.491 e. The molecule has 0 aromatic heterocycles. The van der Waals surface area contributed by atoms with Crippen LogP contribution in [0.2, 0.25) is 5.02 Å². The van der Waals surface area contributed by atoms with Crippen molar-refractivity contribution < 1.29 is 9.53 Å². The lowest BCUT2D eigenvalue weighted by atomic mass is 10.0. The normalized spacial score (nSPS) is 15.1. The highest BCUT2D eigenvalue weighted by Gasteiger charge is 2.16. The van der Waals surface area contributed by atoms with Crippen LogP contribution in [0.5, 0.6) is 5.75 Å². The van der Waals surface area contributed by atoms with Crippen LogP contribution in [0.3, 0.4) is 0 Å². The zero-order valence-corrected chi connectivity index (χ0v) is 12.1. The van der Waals surface area contributed by atoms with Crippen molar-refractivity contribution in [1.29, 1.82) is 0 Å². The Bertz CT molecular complexity index is 494. The second-order valence-electron chi connectivity index (χ2n) is 3.80. The molecule has 1 N–H and O–H groups in total. The SMILES string of the molecule is CCOc1c(Cl)cc(C2=NNC(=O)CC2)cc1Br. The molecule has 6 heteroatoms. The molecular formula is C12H12BrClN2O2. The van der Waals surface area contributed by atoms with E-state index in [4.69, 9.17) is 16.3 Å². The van der Waals surface area contributed by atoms with Gasteiger partial charge in [0.05, 0.1) is 21.8 Å². The van der Waals surface area contributed by atoms with Crippen molar-refractivity contribution in [3.63, 3.8) is 0 Å². The number of benzene rings is 1. The second-order valence-corrected chi connectivity index (χ2v) is 5.06. The molecule has 0 saturated carbocycles. The van der Waals surface area contributed by atoms with Crippen LogP contribution in [-0.4, -0.2) is 18.2 Å². The molecule has 1 amide bonds. The fourth-order valence-electron chi connectivity index (χ4n) is 1.69. The van der Waals surface area contributed by atoms with E-state index in [2.05, 4.69) is 26.5 Å². The topological polar surface area (TPSA) is 50.7 Å². The average molecular weight is 332 g/mol. The lowest BCUT2D eigenvalue weighted by molar-refractivity contribution is -0.121. The third-order valence-corrected chi connectivity index (χ3v) is 3.39. The van der Waals surface area contributed by atoms with Gasteiger partial charge < -0.3 is 4.74 Å². The van der Waals surface area contributed by atoms with Gasteiger partial charge in [-0.15, -0.1) is 0 Å². The van der Waals surface area contributed by atoms with Crippen molar-refractivity contribution in [3.8, 4) is 5.75 Å². The molecule has 1 aromatic carbocycles. The number of carbonyl (C=O) groups excluding carboxylic acids is 1. The molecule has 96 valence electrons. The van der Waals surface area contributed by atoms with E-state index in [0.717, 1.165) is 15.7 Å². The summed E-state index contributed by atoms with van der Waals surface area (Å²) in [5, 5.41) is 4.56. The van der Waals surface area contributed by atoms with Gasteiger partial charge in [0.2, 0.25) is 5.91 Å². The Morgan fingerprint density at radius 3 is 2.83 bits per heavy atom. The summed E-state index contributed by atoms with van der Waals surface area (Å²) in [5.41, 5.74) is 4.17. The number of hydrogen-bond acceptors (Lipinski definition) is 3. The molecule has 2 rings (SSSR count). The van der Waals surface area contributed by atoms with Crippen molar-refractivity contribution in [1.82, 2.24) is 5.43 Å². The third kappa shape index (κ3) is 2.84. The average Bonchev–Trinajstić information content (AvgIpc) is 2.34. The van der Waals surface area contributed by atoms with Gasteiger partial charge >= 0.3 is 0 Å². The summed E-state index contributed by atoms with van der Waals surface area (Å²) >= 11 is 9.59. The Labute approximate surface area is 118 Å². The molecule has 0 radical (unpaired) electrons. The van der Waals surface area contributed by atoms with Gasteiger partial charge in [-0.3, -0.25) is 4.79 Å². The van der Waals surface area contributed by atoms with E-state index < -0.39 is 0 Å². The van der Waals surface area contributed by atoms with Gasteiger partial charge in [0.1, 0.15) is 0 Å². The molecule has 0 fully saturated rings. The molecule has 1 heterocycles. The second kappa shape index (κ2) is 5.71. The quantitative estimate of drug-likeness (QED) is 0.925. The number of carbonyl (C=O) groups is 1. The molecule has 0 aliphatic carbocycles. The first-order valence-corrected chi connectivity index (χ1v) is 6.76. The minimum absolute atomic E-state index is 0.0603. The van der Waals surface area contributed by atoms with Gasteiger partial charge in [0.15, 0.2) is 5.75 Å². The van der Waals surface area contributed by atoms with Crippen LogP contribution in [0.15, 0.2) is 21.7 Å².